The van der Waals surface area contributed by atoms with Crippen molar-refractivity contribution in [1.82, 2.24) is 30.3 Å². The van der Waals surface area contributed by atoms with Gasteiger partial charge in [0, 0.05) is 31.6 Å². The number of hydrogen-bond acceptors (Lipinski definition) is 10. The number of aryl methyl sites for hydroxylation is 2. The van der Waals surface area contributed by atoms with E-state index in [1.165, 1.54) is 11.3 Å². The zero-order valence-corrected chi connectivity index (χ0v) is 17.1. The van der Waals surface area contributed by atoms with Gasteiger partial charge in [0.1, 0.15) is 22.7 Å². The lowest BCUT2D eigenvalue weighted by Crippen LogP contribution is -2.39. The van der Waals surface area contributed by atoms with E-state index >= 15 is 0 Å². The molecule has 152 valence electrons. The molecular weight excluding hydrogens is 392 g/mol. The van der Waals surface area contributed by atoms with Gasteiger partial charge >= 0.3 is 0 Å². The summed E-state index contributed by atoms with van der Waals surface area (Å²) in [6.45, 7) is 5.33. The van der Waals surface area contributed by atoms with Crippen LogP contribution in [0.2, 0.25) is 0 Å². The highest BCUT2D eigenvalue weighted by molar-refractivity contribution is 7.13. The molecule has 0 aromatic carbocycles. The normalized spacial score (nSPS) is 14.9. The molecule has 1 amide bonds. The zero-order chi connectivity index (χ0) is 20.2. The first-order chi connectivity index (χ1) is 14.1. The van der Waals surface area contributed by atoms with Crippen molar-refractivity contribution < 1.29 is 9.32 Å². The van der Waals surface area contributed by atoms with Crippen molar-refractivity contribution in [2.45, 2.75) is 39.5 Å². The Morgan fingerprint density at radius 2 is 2.17 bits per heavy atom. The number of carbonyl (C=O) groups excluding carboxylic acids is 1. The number of piperidine rings is 1. The number of carbonyl (C=O) groups is 1. The molecule has 29 heavy (non-hydrogen) atoms. The summed E-state index contributed by atoms with van der Waals surface area (Å²) >= 11 is 1.31. The van der Waals surface area contributed by atoms with Crippen molar-refractivity contribution in [3.63, 3.8) is 0 Å². The first kappa shape index (κ1) is 19.4. The smallest absolute Gasteiger partial charge is 0.263 e. The summed E-state index contributed by atoms with van der Waals surface area (Å²) in [6, 6.07) is 0. The Kier molecular flexibility index (Phi) is 5.74. The SMILES string of the molecule is CCCc1noc(-c2cnc(C)nc2N2CCC(C(=O)Nc3nncs3)CC2)n1. The van der Waals surface area contributed by atoms with Gasteiger partial charge in [0.2, 0.25) is 11.0 Å². The second-order valence-corrected chi connectivity index (χ2v) is 7.75. The Hall–Kier alpha value is -2.95. The zero-order valence-electron chi connectivity index (χ0n) is 16.3. The van der Waals surface area contributed by atoms with Crippen LogP contribution in [0.15, 0.2) is 16.2 Å². The monoisotopic (exact) mass is 414 g/mol. The van der Waals surface area contributed by atoms with Gasteiger partial charge in [-0.25, -0.2) is 9.97 Å². The largest absolute Gasteiger partial charge is 0.356 e. The number of anilines is 2. The molecule has 1 fully saturated rings. The van der Waals surface area contributed by atoms with Gasteiger partial charge in [-0.2, -0.15) is 4.98 Å². The van der Waals surface area contributed by atoms with Gasteiger partial charge in [-0.15, -0.1) is 10.2 Å². The molecule has 0 spiro atoms. The van der Waals surface area contributed by atoms with E-state index in [1.807, 2.05) is 6.92 Å². The van der Waals surface area contributed by atoms with Crippen LogP contribution >= 0.6 is 11.3 Å². The van der Waals surface area contributed by atoms with Gasteiger partial charge < -0.3 is 14.7 Å². The summed E-state index contributed by atoms with van der Waals surface area (Å²) in [5, 5.41) is 15.0. The topological polar surface area (TPSA) is 123 Å². The molecule has 4 heterocycles. The third kappa shape index (κ3) is 4.39. The fourth-order valence-electron chi connectivity index (χ4n) is 3.33. The van der Waals surface area contributed by atoms with Crippen LogP contribution in [0, 0.1) is 12.8 Å². The fourth-order valence-corrected chi connectivity index (χ4v) is 3.77. The fraction of sp³-hybridized carbons (Fsp3) is 0.500. The van der Waals surface area contributed by atoms with Gasteiger partial charge in [0.05, 0.1) is 0 Å². The Morgan fingerprint density at radius 1 is 1.34 bits per heavy atom. The van der Waals surface area contributed by atoms with E-state index < -0.39 is 0 Å². The quantitative estimate of drug-likeness (QED) is 0.648. The average molecular weight is 414 g/mol. The minimum absolute atomic E-state index is 0.0124. The Balaban J connectivity index is 1.47. The molecule has 11 heteroatoms. The van der Waals surface area contributed by atoms with Crippen LogP contribution in [0.3, 0.4) is 0 Å². The molecule has 1 saturated heterocycles. The van der Waals surface area contributed by atoms with Crippen LogP contribution in [-0.2, 0) is 11.2 Å². The molecule has 4 rings (SSSR count). The van der Waals surface area contributed by atoms with E-state index in [9.17, 15) is 4.79 Å². The van der Waals surface area contributed by atoms with Crippen molar-refractivity contribution in [2.24, 2.45) is 5.92 Å². The van der Waals surface area contributed by atoms with Crippen molar-refractivity contribution >= 4 is 28.2 Å². The lowest BCUT2D eigenvalue weighted by molar-refractivity contribution is -0.120. The third-order valence-corrected chi connectivity index (χ3v) is 5.42. The van der Waals surface area contributed by atoms with E-state index in [4.69, 9.17) is 4.52 Å². The van der Waals surface area contributed by atoms with Crippen LogP contribution in [-0.4, -0.2) is 49.3 Å². The number of rotatable bonds is 6. The molecule has 1 aliphatic heterocycles. The molecule has 0 radical (unpaired) electrons. The van der Waals surface area contributed by atoms with Gasteiger partial charge in [-0.1, -0.05) is 23.4 Å². The minimum atomic E-state index is -0.0684. The molecule has 1 aliphatic rings. The first-order valence-electron chi connectivity index (χ1n) is 9.62. The molecule has 1 N–H and O–H groups in total. The number of nitrogens with one attached hydrogen (secondary N) is 1. The van der Waals surface area contributed by atoms with Gasteiger partial charge in [0.25, 0.3) is 5.89 Å². The number of nitrogens with zero attached hydrogens (tertiary/aromatic N) is 7. The molecule has 0 unspecified atom stereocenters. The maximum absolute atomic E-state index is 12.5. The molecule has 3 aromatic heterocycles. The summed E-state index contributed by atoms with van der Waals surface area (Å²) in [6.07, 6.45) is 4.88. The molecule has 0 bridgehead atoms. The van der Waals surface area contributed by atoms with E-state index in [2.05, 4.69) is 47.4 Å². The second kappa shape index (κ2) is 8.60. The number of aromatic nitrogens is 6. The second-order valence-electron chi connectivity index (χ2n) is 6.91. The molecule has 0 atom stereocenters. The van der Waals surface area contributed by atoms with Gasteiger partial charge in [-0.05, 0) is 26.2 Å². The lowest BCUT2D eigenvalue weighted by atomic mass is 9.96. The Morgan fingerprint density at radius 3 is 2.90 bits per heavy atom. The minimum Gasteiger partial charge on any atom is -0.356 e. The molecule has 3 aromatic rings. The predicted molar refractivity (Wildman–Crippen MR) is 108 cm³/mol. The van der Waals surface area contributed by atoms with Crippen LogP contribution in [0.1, 0.15) is 37.8 Å². The van der Waals surface area contributed by atoms with Crippen LogP contribution < -0.4 is 10.2 Å². The summed E-state index contributed by atoms with van der Waals surface area (Å²) in [4.78, 5) is 28.0. The average Bonchev–Trinajstić information content (AvgIpc) is 3.41. The van der Waals surface area contributed by atoms with E-state index in [1.54, 1.807) is 11.7 Å². The van der Waals surface area contributed by atoms with E-state index in [0.29, 0.717) is 35.8 Å². The summed E-state index contributed by atoms with van der Waals surface area (Å²) < 4.78 is 5.45. The van der Waals surface area contributed by atoms with Gasteiger partial charge in [-0.3, -0.25) is 4.79 Å². The Labute approximate surface area is 171 Å². The third-order valence-electron chi connectivity index (χ3n) is 4.82. The number of hydrogen-bond donors (Lipinski definition) is 1. The summed E-state index contributed by atoms with van der Waals surface area (Å²) in [5.74, 6) is 2.48. The van der Waals surface area contributed by atoms with Gasteiger partial charge in [0.15, 0.2) is 5.82 Å². The standard InChI is InChI=1S/C18H22N8O2S/c1-3-4-14-22-17(28-25-14)13-9-19-11(2)21-15(13)26-7-5-12(6-8-26)16(27)23-18-24-20-10-29-18/h9-10,12H,3-8H2,1-2H3,(H,23,24,27). The predicted octanol–water partition coefficient (Wildman–Crippen LogP) is 2.49. The Bertz CT molecular complexity index is 966. The molecule has 10 nitrogen and oxygen atoms in total. The van der Waals surface area contributed by atoms with Crippen LogP contribution in [0.4, 0.5) is 10.9 Å². The lowest BCUT2D eigenvalue weighted by Gasteiger charge is -2.32. The molecular formula is C18H22N8O2S. The molecule has 0 aliphatic carbocycles. The van der Waals surface area contributed by atoms with Crippen LogP contribution in [0.5, 0.6) is 0 Å². The maximum atomic E-state index is 12.5. The molecule has 0 saturated carbocycles. The first-order valence-corrected chi connectivity index (χ1v) is 10.5. The highest BCUT2D eigenvalue weighted by Gasteiger charge is 2.28. The summed E-state index contributed by atoms with van der Waals surface area (Å²) in [7, 11) is 0. The van der Waals surface area contributed by atoms with Crippen molar-refractivity contribution in [3.8, 4) is 11.5 Å². The number of amides is 1. The highest BCUT2D eigenvalue weighted by Crippen LogP contribution is 2.31. The summed E-state index contributed by atoms with van der Waals surface area (Å²) in [5.41, 5.74) is 2.32. The van der Waals surface area contributed by atoms with E-state index in [0.717, 1.165) is 37.1 Å². The maximum Gasteiger partial charge on any atom is 0.263 e. The van der Waals surface area contributed by atoms with Crippen LogP contribution in [0.25, 0.3) is 11.5 Å². The van der Waals surface area contributed by atoms with Crippen molar-refractivity contribution in [3.05, 3.63) is 23.4 Å². The highest BCUT2D eigenvalue weighted by atomic mass is 32.1. The van der Waals surface area contributed by atoms with E-state index in [-0.39, 0.29) is 11.8 Å². The van der Waals surface area contributed by atoms with Crippen molar-refractivity contribution in [2.75, 3.05) is 23.3 Å². The van der Waals surface area contributed by atoms with Crippen molar-refractivity contribution in [1.29, 1.82) is 0 Å².